The van der Waals surface area contributed by atoms with Crippen molar-refractivity contribution >= 4 is 35.5 Å². The monoisotopic (exact) mass is 106 g/mol. The molecular weight excluding hydrogens is 102 g/mol. The smallest absolute Gasteiger partial charge is 1.00 e. The molecule has 0 unspecified atom stereocenters. The minimum atomic E-state index is 0. The van der Waals surface area contributed by atoms with Gasteiger partial charge in [0.25, 0.3) is 0 Å². The second-order valence-corrected chi connectivity index (χ2v) is 0. The SMILES string of the molecule is Cl.F.[H-].[H-].[H-].[Mg+2].[Na+]. The zero-order valence-electron chi connectivity index (χ0n) is 5.52. The summed E-state index contributed by atoms with van der Waals surface area (Å²) >= 11 is 0. The Hall–Kier alpha value is 1.99. The first-order chi connectivity index (χ1) is 0. The molecule has 0 N–H and O–H groups in total. The second-order valence-electron chi connectivity index (χ2n) is 0. The molecular formula is H5ClFMgNa. The van der Waals surface area contributed by atoms with Crippen LogP contribution >= 0.6 is 12.4 Å². The summed E-state index contributed by atoms with van der Waals surface area (Å²) in [4.78, 5) is 0. The summed E-state index contributed by atoms with van der Waals surface area (Å²) in [5, 5.41) is 0. The van der Waals surface area contributed by atoms with E-state index in [9.17, 15) is 0 Å². The Bertz CT molecular complexity index is 14.9. The second kappa shape index (κ2) is 20.1. The zero-order valence-corrected chi connectivity index (χ0v) is 6.75. The van der Waals surface area contributed by atoms with Crippen LogP contribution in [0.3, 0.4) is 0 Å². The van der Waals surface area contributed by atoms with Gasteiger partial charge in [0.15, 0.2) is 0 Å². The minimum Gasteiger partial charge on any atom is -1.00 e. The third-order valence-corrected chi connectivity index (χ3v) is 0. The predicted molar refractivity (Wildman–Crippen MR) is 18.8 cm³/mol. The van der Waals surface area contributed by atoms with Gasteiger partial charge in [-0.3, -0.25) is 4.70 Å². The quantitative estimate of drug-likeness (QED) is 0.301. The molecule has 0 saturated carbocycles. The van der Waals surface area contributed by atoms with Crippen LogP contribution in [0.25, 0.3) is 0 Å². The summed E-state index contributed by atoms with van der Waals surface area (Å²) in [5.74, 6) is 0. The van der Waals surface area contributed by atoms with Gasteiger partial charge in [-0.1, -0.05) is 0 Å². The van der Waals surface area contributed by atoms with Crippen molar-refractivity contribution in [2.75, 3.05) is 0 Å². The first-order valence-corrected chi connectivity index (χ1v) is 0. The molecule has 0 fully saturated rings. The van der Waals surface area contributed by atoms with Gasteiger partial charge in [0.1, 0.15) is 0 Å². The van der Waals surface area contributed by atoms with Gasteiger partial charge in [-0.05, 0) is 0 Å². The van der Waals surface area contributed by atoms with Crippen LogP contribution in [-0.4, -0.2) is 23.1 Å². The van der Waals surface area contributed by atoms with E-state index in [0.29, 0.717) is 0 Å². The summed E-state index contributed by atoms with van der Waals surface area (Å²) in [6.45, 7) is 0. The van der Waals surface area contributed by atoms with Crippen molar-refractivity contribution in [3.05, 3.63) is 0 Å². The van der Waals surface area contributed by atoms with Crippen LogP contribution in [0, 0.1) is 0 Å². The number of rotatable bonds is 0. The van der Waals surface area contributed by atoms with E-state index in [1.165, 1.54) is 0 Å². The van der Waals surface area contributed by atoms with Gasteiger partial charge >= 0.3 is 52.6 Å². The average Bonchev–Trinajstić information content (AvgIpc) is 0. The standard InChI is InChI=1S/ClH.FH.Mg.Na.3H/h2*1H;;;;;/q;;+2;+1;3*-1. The van der Waals surface area contributed by atoms with Crippen molar-refractivity contribution in [1.82, 2.24) is 0 Å². The Labute approximate surface area is 73.4 Å². The third-order valence-electron chi connectivity index (χ3n) is 0. The van der Waals surface area contributed by atoms with Gasteiger partial charge in [0, 0.05) is 0 Å². The Morgan fingerprint density at radius 2 is 1.25 bits per heavy atom. The van der Waals surface area contributed by atoms with E-state index >= 15 is 0 Å². The van der Waals surface area contributed by atoms with Crippen molar-refractivity contribution in [3.8, 4) is 0 Å². The van der Waals surface area contributed by atoms with E-state index in [1.807, 2.05) is 0 Å². The molecule has 0 radical (unpaired) electrons. The predicted octanol–water partition coefficient (Wildman–Crippen LogP) is -2.46. The van der Waals surface area contributed by atoms with Crippen LogP contribution in [-0.2, 0) is 0 Å². The van der Waals surface area contributed by atoms with Crippen LogP contribution in [0.15, 0.2) is 0 Å². The van der Waals surface area contributed by atoms with Crippen molar-refractivity contribution < 1.29 is 38.5 Å². The van der Waals surface area contributed by atoms with E-state index < -0.39 is 0 Å². The van der Waals surface area contributed by atoms with Crippen LogP contribution < -0.4 is 29.6 Å². The van der Waals surface area contributed by atoms with Gasteiger partial charge in [0.2, 0.25) is 0 Å². The molecule has 0 aliphatic heterocycles. The van der Waals surface area contributed by atoms with Crippen LogP contribution in [0.5, 0.6) is 0 Å². The Morgan fingerprint density at radius 1 is 1.25 bits per heavy atom. The van der Waals surface area contributed by atoms with Gasteiger partial charge in [-0.15, -0.1) is 12.4 Å². The maximum Gasteiger partial charge on any atom is 2.00 e. The maximum atomic E-state index is 0. The van der Waals surface area contributed by atoms with Crippen molar-refractivity contribution in [1.29, 1.82) is 0 Å². The fourth-order valence-corrected chi connectivity index (χ4v) is 0. The molecule has 22 valence electrons. The Morgan fingerprint density at radius 3 is 1.25 bits per heavy atom. The third kappa shape index (κ3) is 9.01. The molecule has 4 heteroatoms. The molecule has 0 heterocycles. The minimum absolute atomic E-state index is 0. The van der Waals surface area contributed by atoms with Gasteiger partial charge in [0.05, 0.1) is 0 Å². The fourth-order valence-electron chi connectivity index (χ4n) is 0. The first-order valence-electron chi connectivity index (χ1n) is 0. The molecule has 0 aliphatic carbocycles. The summed E-state index contributed by atoms with van der Waals surface area (Å²) in [6, 6.07) is 0. The molecule has 0 nitrogen and oxygen atoms in total. The van der Waals surface area contributed by atoms with E-state index in [0.717, 1.165) is 0 Å². The molecule has 0 spiro atoms. The van der Waals surface area contributed by atoms with Gasteiger partial charge < -0.3 is 4.28 Å². The van der Waals surface area contributed by atoms with Crippen LogP contribution in [0.4, 0.5) is 4.70 Å². The first kappa shape index (κ1) is 37.7. The maximum absolute atomic E-state index is 0. The molecule has 0 aliphatic rings. The molecule has 4 heavy (non-hydrogen) atoms. The van der Waals surface area contributed by atoms with Gasteiger partial charge in [-0.2, -0.15) is 0 Å². The summed E-state index contributed by atoms with van der Waals surface area (Å²) in [7, 11) is 0. The molecule has 0 rings (SSSR count). The van der Waals surface area contributed by atoms with E-state index in [-0.39, 0.29) is 74.0 Å². The van der Waals surface area contributed by atoms with Crippen LogP contribution in [0.1, 0.15) is 4.28 Å². The molecule has 0 aromatic heterocycles. The molecule has 0 aromatic rings. The summed E-state index contributed by atoms with van der Waals surface area (Å²) in [5.41, 5.74) is 0. The molecule has 0 bridgehead atoms. The summed E-state index contributed by atoms with van der Waals surface area (Å²) in [6.07, 6.45) is 0. The number of halogens is 2. The van der Waals surface area contributed by atoms with Crippen LogP contribution in [0.2, 0.25) is 0 Å². The van der Waals surface area contributed by atoms with Crippen molar-refractivity contribution in [3.63, 3.8) is 0 Å². The average molecular weight is 107 g/mol. The molecule has 0 saturated heterocycles. The van der Waals surface area contributed by atoms with E-state index in [4.69, 9.17) is 0 Å². The molecule has 0 amide bonds. The zero-order chi connectivity index (χ0) is 0. The summed E-state index contributed by atoms with van der Waals surface area (Å²) < 4.78 is 0. The van der Waals surface area contributed by atoms with Crippen molar-refractivity contribution in [2.45, 2.75) is 0 Å². The van der Waals surface area contributed by atoms with Gasteiger partial charge in [-0.25, -0.2) is 0 Å². The van der Waals surface area contributed by atoms with E-state index in [2.05, 4.69) is 0 Å². The van der Waals surface area contributed by atoms with Crippen molar-refractivity contribution in [2.24, 2.45) is 0 Å². The number of hydrogen-bond donors (Lipinski definition) is 0. The number of hydrogen-bond acceptors (Lipinski definition) is 0. The molecule has 0 aromatic carbocycles. The Kier molecular flexibility index (Phi) is 189. The van der Waals surface area contributed by atoms with E-state index in [1.54, 1.807) is 0 Å². The molecule has 0 atom stereocenters. The fraction of sp³-hybridized carbons (Fsp3) is 0. The topological polar surface area (TPSA) is 0 Å². The Balaban J connectivity index is 0. The largest absolute Gasteiger partial charge is 2.00 e. The normalized spacial score (nSPS) is 0.